The van der Waals surface area contributed by atoms with Crippen LogP contribution in [0.4, 0.5) is 0 Å². The summed E-state index contributed by atoms with van der Waals surface area (Å²) in [7, 11) is 1.00. The van der Waals surface area contributed by atoms with Gasteiger partial charge in [0.15, 0.2) is 0 Å². The summed E-state index contributed by atoms with van der Waals surface area (Å²) >= 11 is 1.65. The predicted octanol–water partition coefficient (Wildman–Crippen LogP) is 0.522. The molecule has 0 atom stereocenters. The smallest absolute Gasteiger partial charge is 0.0319 e. The van der Waals surface area contributed by atoms with E-state index in [4.69, 9.17) is 5.11 Å². The third-order valence-corrected chi connectivity index (χ3v) is 0. The number of rotatable bonds is 0. The van der Waals surface area contributed by atoms with E-state index in [9.17, 15) is 0 Å². The van der Waals surface area contributed by atoms with Crippen molar-refractivity contribution in [2.24, 2.45) is 3.95 Å². The molecule has 0 unspecified atom stereocenters. The number of hydrogen-bond acceptors (Lipinski definition) is 2. The molecule has 0 amide bonds. The number of halogens is 2. The highest BCUT2D eigenvalue weighted by Gasteiger charge is 0.880. The molecule has 0 saturated carbocycles. The van der Waals surface area contributed by atoms with Crippen LogP contribution in [0.25, 0.3) is 0 Å². The molecule has 0 bridgehead atoms. The summed E-state index contributed by atoms with van der Waals surface area (Å²) in [5, 5.41) is 7.00. The Hall–Kier alpha value is 1.38. The molecule has 36 valence electrons. The third kappa shape index (κ3) is 32.3. The Balaban J connectivity index is -0.0000000133. The fourth-order valence-corrected chi connectivity index (χ4v) is 0. The van der Waals surface area contributed by atoms with Gasteiger partial charge in [-0.3, -0.25) is 3.95 Å². The minimum Gasteiger partial charge on any atom is -0.400 e. The van der Waals surface area contributed by atoms with Gasteiger partial charge in [-0.2, -0.15) is 0 Å². The van der Waals surface area contributed by atoms with Crippen molar-refractivity contribution >= 4 is 46.8 Å². The summed E-state index contributed by atoms with van der Waals surface area (Å²) in [5.74, 6) is 0. The minimum atomic E-state index is 0. The molecule has 0 aromatic carbocycles. The molecular formula is CH7I2NO. The number of nitrogens with two attached hydrogens (primary N) is 1. The van der Waals surface area contributed by atoms with E-state index in [0.29, 0.717) is 0 Å². The van der Waals surface area contributed by atoms with E-state index in [-0.39, 0.29) is 24.0 Å². The molecule has 0 aromatic heterocycles. The van der Waals surface area contributed by atoms with Crippen molar-refractivity contribution in [2.45, 2.75) is 0 Å². The predicted molar refractivity (Wildman–Crippen MR) is 41.8 cm³/mol. The number of hydrogen-bond donors (Lipinski definition) is 2. The van der Waals surface area contributed by atoms with Crippen molar-refractivity contribution < 1.29 is 5.11 Å². The Morgan fingerprint density at radius 2 is 1.40 bits per heavy atom. The second kappa shape index (κ2) is 54.2. The van der Waals surface area contributed by atoms with Crippen molar-refractivity contribution in [1.29, 1.82) is 0 Å². The maximum absolute atomic E-state index is 7.00. The van der Waals surface area contributed by atoms with Gasteiger partial charge in [0.25, 0.3) is 0 Å². The second-order valence-electron chi connectivity index (χ2n) is 0. The zero-order chi connectivity index (χ0) is 4.00. The van der Waals surface area contributed by atoms with E-state index >= 15 is 0 Å². The minimum absolute atomic E-state index is 0. The van der Waals surface area contributed by atoms with Crippen molar-refractivity contribution in [3.05, 3.63) is 0 Å². The Morgan fingerprint density at radius 1 is 1.40 bits per heavy atom. The maximum atomic E-state index is 7.00. The van der Waals surface area contributed by atoms with Gasteiger partial charge in [0.2, 0.25) is 0 Å². The van der Waals surface area contributed by atoms with Gasteiger partial charge in [0.05, 0.1) is 0 Å². The van der Waals surface area contributed by atoms with E-state index in [1.165, 1.54) is 0 Å². The topological polar surface area (TPSA) is 46.2 Å². The third-order valence-electron chi connectivity index (χ3n) is 0. The van der Waals surface area contributed by atoms with Crippen LogP contribution in [0.15, 0.2) is 0 Å². The molecule has 0 fully saturated rings. The summed E-state index contributed by atoms with van der Waals surface area (Å²) in [6, 6.07) is 0. The first-order valence-corrected chi connectivity index (χ1v) is 1.91. The Morgan fingerprint density at radius 3 is 1.40 bits per heavy atom. The number of aliphatic hydroxyl groups is 1. The van der Waals surface area contributed by atoms with Crippen LogP contribution in [0.1, 0.15) is 0 Å². The van der Waals surface area contributed by atoms with Gasteiger partial charge >= 0.3 is 0 Å². The Bertz CT molecular complexity index is 9.61. The van der Waals surface area contributed by atoms with Gasteiger partial charge < -0.3 is 5.11 Å². The molecule has 0 rings (SSSR count). The lowest BCUT2D eigenvalue weighted by Crippen LogP contribution is -1.45. The van der Waals surface area contributed by atoms with Gasteiger partial charge in [0, 0.05) is 30.0 Å². The maximum Gasteiger partial charge on any atom is 0.0319 e. The molecule has 0 radical (unpaired) electrons. The van der Waals surface area contributed by atoms with Gasteiger partial charge in [-0.25, -0.2) is 0 Å². The average Bonchev–Trinajstić information content (AvgIpc) is 1.50. The van der Waals surface area contributed by atoms with Crippen LogP contribution in [0.3, 0.4) is 0 Å². The van der Waals surface area contributed by atoms with Crippen LogP contribution < -0.4 is 3.95 Å². The molecule has 2 nitrogen and oxygen atoms in total. The van der Waals surface area contributed by atoms with Crippen LogP contribution in [0.2, 0.25) is 0 Å². The van der Waals surface area contributed by atoms with E-state index < -0.39 is 0 Å². The first-order valence-electron chi connectivity index (χ1n) is 0.665. The Kier molecular flexibility index (Phi) is 175. The highest BCUT2D eigenvalue weighted by Crippen LogP contribution is 1.31. The van der Waals surface area contributed by atoms with Crippen molar-refractivity contribution in [1.82, 2.24) is 0 Å². The average molecular weight is 303 g/mol. The normalized spacial score (nSPS) is 2.40. The standard InChI is InChI=1S/CH4O.H2IN.HI/c2*1-2;/h2H,1H3;2H2;1H. The number of aliphatic hydroxyl groups excluding tert-OH is 1. The monoisotopic (exact) mass is 303 g/mol. The molecule has 4 heteroatoms. The summed E-state index contributed by atoms with van der Waals surface area (Å²) in [6.07, 6.45) is 0. The van der Waals surface area contributed by atoms with Crippen molar-refractivity contribution in [2.75, 3.05) is 7.11 Å². The van der Waals surface area contributed by atoms with Gasteiger partial charge in [-0.15, -0.1) is 24.0 Å². The first-order chi connectivity index (χ1) is 2.00. The van der Waals surface area contributed by atoms with Crippen molar-refractivity contribution in [3.8, 4) is 0 Å². The van der Waals surface area contributed by atoms with E-state index in [1.807, 2.05) is 0 Å². The lowest BCUT2D eigenvalue weighted by Gasteiger charge is -1.21. The van der Waals surface area contributed by atoms with E-state index in [1.54, 1.807) is 22.9 Å². The molecule has 0 aliphatic heterocycles. The highest BCUT2D eigenvalue weighted by molar-refractivity contribution is 14.1. The molecule has 0 saturated heterocycles. The van der Waals surface area contributed by atoms with Crippen LogP contribution in [-0.2, 0) is 0 Å². The second-order valence-corrected chi connectivity index (χ2v) is 0. The molecule has 5 heavy (non-hydrogen) atoms. The molecular weight excluding hydrogens is 296 g/mol. The summed E-state index contributed by atoms with van der Waals surface area (Å²) in [5.41, 5.74) is 0. The van der Waals surface area contributed by atoms with Crippen LogP contribution >= 0.6 is 46.8 Å². The molecule has 3 N–H and O–H groups in total. The van der Waals surface area contributed by atoms with Crippen LogP contribution in [0, 0.1) is 0 Å². The van der Waals surface area contributed by atoms with Gasteiger partial charge in [-0.05, 0) is 0 Å². The molecule has 0 aliphatic rings. The summed E-state index contributed by atoms with van der Waals surface area (Å²) in [4.78, 5) is 0. The quantitative estimate of drug-likeness (QED) is 0.506. The lowest BCUT2D eigenvalue weighted by molar-refractivity contribution is 0.399. The zero-order valence-electron chi connectivity index (χ0n) is 2.81. The fourth-order valence-electron chi connectivity index (χ4n) is 0. The highest BCUT2D eigenvalue weighted by atomic mass is 127. The molecule has 0 spiro atoms. The van der Waals surface area contributed by atoms with Gasteiger partial charge in [-0.1, -0.05) is 0 Å². The molecule has 0 heterocycles. The molecule has 0 aromatic rings. The van der Waals surface area contributed by atoms with E-state index in [0.717, 1.165) is 7.11 Å². The largest absolute Gasteiger partial charge is 0.400 e. The summed E-state index contributed by atoms with van der Waals surface area (Å²) in [6.45, 7) is 0. The molecule has 0 aliphatic carbocycles. The van der Waals surface area contributed by atoms with Crippen LogP contribution in [-0.4, -0.2) is 12.2 Å². The Labute approximate surface area is 62.6 Å². The van der Waals surface area contributed by atoms with E-state index in [2.05, 4.69) is 3.95 Å². The van der Waals surface area contributed by atoms with Crippen molar-refractivity contribution in [3.63, 3.8) is 0 Å². The van der Waals surface area contributed by atoms with Gasteiger partial charge in [0.1, 0.15) is 0 Å². The lowest BCUT2D eigenvalue weighted by atomic mass is 11.8. The zero-order valence-corrected chi connectivity index (χ0v) is 7.30. The first kappa shape index (κ1) is 16.2. The fraction of sp³-hybridized carbons (Fsp3) is 1.00. The summed E-state index contributed by atoms with van der Waals surface area (Å²) < 4.78 is 4.47. The SMILES string of the molecule is CO.I.NI. The van der Waals surface area contributed by atoms with Crippen LogP contribution in [0.5, 0.6) is 0 Å².